The molecule has 1 fully saturated rings. The molecule has 4 heteroatoms. The molecule has 0 amide bonds. The van der Waals surface area contributed by atoms with Gasteiger partial charge in [0.15, 0.2) is 0 Å². The van der Waals surface area contributed by atoms with Crippen LogP contribution in [0.1, 0.15) is 20.3 Å². The van der Waals surface area contributed by atoms with Crippen molar-refractivity contribution in [2.24, 2.45) is 0 Å². The lowest BCUT2D eigenvalue weighted by atomic mass is 10.0. The largest absolute Gasteiger partial charge is 0.394 e. The molecule has 1 aliphatic heterocycles. The molecule has 90 valence electrons. The molecule has 1 unspecified atom stereocenters. The highest BCUT2D eigenvalue weighted by atomic mass is 16.5. The maximum atomic E-state index is 9.34. The van der Waals surface area contributed by atoms with Crippen LogP contribution in [0.2, 0.25) is 0 Å². The molecule has 0 aliphatic carbocycles. The molecule has 1 aliphatic rings. The number of ether oxygens (including phenoxy) is 1. The van der Waals surface area contributed by atoms with Crippen molar-refractivity contribution in [2.45, 2.75) is 25.8 Å². The number of nitrogens with one attached hydrogen (secondary N) is 1. The third kappa shape index (κ3) is 3.72. The van der Waals surface area contributed by atoms with Gasteiger partial charge in [0, 0.05) is 19.7 Å². The minimum atomic E-state index is -0.173. The van der Waals surface area contributed by atoms with E-state index in [9.17, 15) is 5.11 Å². The molecule has 0 bridgehead atoms. The summed E-state index contributed by atoms with van der Waals surface area (Å²) in [6, 6.07) is 0. The summed E-state index contributed by atoms with van der Waals surface area (Å²) in [7, 11) is 0. The molecule has 0 spiro atoms. The van der Waals surface area contributed by atoms with Gasteiger partial charge in [0.2, 0.25) is 0 Å². The number of hydrogen-bond acceptors (Lipinski definition) is 4. The predicted octanol–water partition coefficient (Wildman–Crippen LogP) is 0.0692. The van der Waals surface area contributed by atoms with Crippen molar-refractivity contribution in [3.05, 3.63) is 0 Å². The fraction of sp³-hybridized carbons (Fsp3) is 1.00. The average molecular weight is 216 g/mol. The van der Waals surface area contributed by atoms with Crippen LogP contribution in [0.3, 0.4) is 0 Å². The fourth-order valence-corrected chi connectivity index (χ4v) is 1.95. The minimum Gasteiger partial charge on any atom is -0.394 e. The molecule has 0 saturated carbocycles. The number of nitrogens with zero attached hydrogens (tertiary/aromatic N) is 1. The van der Waals surface area contributed by atoms with Gasteiger partial charge in [0.05, 0.1) is 18.8 Å². The molecular weight excluding hydrogens is 192 g/mol. The molecule has 0 aromatic carbocycles. The van der Waals surface area contributed by atoms with Gasteiger partial charge >= 0.3 is 0 Å². The van der Waals surface area contributed by atoms with Gasteiger partial charge in [-0.3, -0.25) is 0 Å². The summed E-state index contributed by atoms with van der Waals surface area (Å²) in [5, 5.41) is 12.8. The van der Waals surface area contributed by atoms with Crippen LogP contribution < -0.4 is 5.32 Å². The van der Waals surface area contributed by atoms with Crippen molar-refractivity contribution in [3.63, 3.8) is 0 Å². The van der Waals surface area contributed by atoms with Crippen LogP contribution in [0, 0.1) is 0 Å². The Labute approximate surface area is 92.6 Å². The van der Waals surface area contributed by atoms with E-state index in [-0.39, 0.29) is 12.1 Å². The first-order chi connectivity index (χ1) is 7.26. The zero-order valence-corrected chi connectivity index (χ0v) is 9.96. The molecule has 0 aromatic heterocycles. The lowest BCUT2D eigenvalue weighted by molar-refractivity contribution is 0.118. The number of likely N-dealkylation sites (N-methyl/N-ethyl adjacent to an activating group) is 1. The topological polar surface area (TPSA) is 44.7 Å². The van der Waals surface area contributed by atoms with Gasteiger partial charge in [0.25, 0.3) is 0 Å². The third-order valence-electron chi connectivity index (χ3n) is 3.23. The Morgan fingerprint density at radius 3 is 2.60 bits per heavy atom. The summed E-state index contributed by atoms with van der Waals surface area (Å²) in [5.41, 5.74) is -0.173. The molecule has 1 rings (SSSR count). The molecule has 2 N–H and O–H groups in total. The number of aliphatic hydroxyl groups excluding tert-OH is 1. The van der Waals surface area contributed by atoms with E-state index in [2.05, 4.69) is 24.1 Å². The predicted molar refractivity (Wildman–Crippen MR) is 61.0 cm³/mol. The van der Waals surface area contributed by atoms with Crippen LogP contribution >= 0.6 is 0 Å². The van der Waals surface area contributed by atoms with Crippen LogP contribution in [-0.2, 0) is 4.74 Å². The van der Waals surface area contributed by atoms with E-state index in [4.69, 9.17) is 4.74 Å². The first-order valence-electron chi connectivity index (χ1n) is 5.92. The van der Waals surface area contributed by atoms with Crippen LogP contribution in [0.5, 0.6) is 0 Å². The minimum absolute atomic E-state index is 0.172. The number of rotatable bonds is 7. The van der Waals surface area contributed by atoms with Crippen LogP contribution in [0.4, 0.5) is 0 Å². The highest BCUT2D eigenvalue weighted by molar-refractivity contribution is 4.91. The van der Waals surface area contributed by atoms with E-state index in [1.54, 1.807) is 0 Å². The van der Waals surface area contributed by atoms with Crippen LogP contribution in [0.15, 0.2) is 0 Å². The van der Waals surface area contributed by atoms with E-state index >= 15 is 0 Å². The van der Waals surface area contributed by atoms with Gasteiger partial charge in [-0.15, -0.1) is 0 Å². The highest BCUT2D eigenvalue weighted by Crippen LogP contribution is 2.17. The molecule has 1 atom stereocenters. The Kier molecular flexibility index (Phi) is 5.53. The SMILES string of the molecule is CCN(CC)CCNC1(CO)CCOC1. The van der Waals surface area contributed by atoms with E-state index in [1.807, 2.05) is 0 Å². The summed E-state index contributed by atoms with van der Waals surface area (Å²) in [4.78, 5) is 2.37. The highest BCUT2D eigenvalue weighted by Gasteiger charge is 2.33. The number of hydrogen-bond donors (Lipinski definition) is 2. The Morgan fingerprint density at radius 2 is 2.13 bits per heavy atom. The van der Waals surface area contributed by atoms with Crippen molar-refractivity contribution in [1.82, 2.24) is 10.2 Å². The Bertz CT molecular complexity index is 166. The van der Waals surface area contributed by atoms with E-state index in [0.29, 0.717) is 6.61 Å². The van der Waals surface area contributed by atoms with Gasteiger partial charge in [-0.1, -0.05) is 13.8 Å². The van der Waals surface area contributed by atoms with Crippen molar-refractivity contribution in [2.75, 3.05) is 46.0 Å². The van der Waals surface area contributed by atoms with Gasteiger partial charge in [-0.2, -0.15) is 0 Å². The maximum Gasteiger partial charge on any atom is 0.0673 e. The quantitative estimate of drug-likeness (QED) is 0.632. The van der Waals surface area contributed by atoms with Gasteiger partial charge in [-0.05, 0) is 19.5 Å². The summed E-state index contributed by atoms with van der Waals surface area (Å²) < 4.78 is 5.33. The number of aliphatic hydroxyl groups is 1. The van der Waals surface area contributed by atoms with Gasteiger partial charge in [-0.25, -0.2) is 0 Å². The van der Waals surface area contributed by atoms with Crippen molar-refractivity contribution in [1.29, 1.82) is 0 Å². The van der Waals surface area contributed by atoms with Crippen LogP contribution in [-0.4, -0.2) is 61.5 Å². The third-order valence-corrected chi connectivity index (χ3v) is 3.23. The standard InChI is InChI=1S/C11H24N2O2/c1-3-13(4-2)7-6-12-11(9-14)5-8-15-10-11/h12,14H,3-10H2,1-2H3. The van der Waals surface area contributed by atoms with E-state index in [1.165, 1.54) is 0 Å². The summed E-state index contributed by atoms with van der Waals surface area (Å²) in [6.07, 6.45) is 0.918. The molecule has 0 aromatic rings. The Morgan fingerprint density at radius 1 is 1.40 bits per heavy atom. The first-order valence-corrected chi connectivity index (χ1v) is 5.92. The monoisotopic (exact) mass is 216 g/mol. The van der Waals surface area contributed by atoms with E-state index in [0.717, 1.165) is 39.2 Å². The molecule has 4 nitrogen and oxygen atoms in total. The maximum absolute atomic E-state index is 9.34. The lowest BCUT2D eigenvalue weighted by Crippen LogP contribution is -2.51. The summed E-state index contributed by atoms with van der Waals surface area (Å²) in [6.45, 7) is 10.0. The average Bonchev–Trinajstić information content (AvgIpc) is 2.74. The lowest BCUT2D eigenvalue weighted by Gasteiger charge is -2.28. The molecule has 1 heterocycles. The molecule has 15 heavy (non-hydrogen) atoms. The smallest absolute Gasteiger partial charge is 0.0673 e. The molecule has 1 saturated heterocycles. The molecule has 0 radical (unpaired) electrons. The Hall–Kier alpha value is -0.160. The van der Waals surface area contributed by atoms with Crippen molar-refractivity contribution in [3.8, 4) is 0 Å². The van der Waals surface area contributed by atoms with Gasteiger partial charge in [0.1, 0.15) is 0 Å². The second kappa shape index (κ2) is 6.43. The second-order valence-corrected chi connectivity index (χ2v) is 4.19. The molecular formula is C11H24N2O2. The van der Waals surface area contributed by atoms with Crippen LogP contribution in [0.25, 0.3) is 0 Å². The van der Waals surface area contributed by atoms with E-state index < -0.39 is 0 Å². The summed E-state index contributed by atoms with van der Waals surface area (Å²) >= 11 is 0. The van der Waals surface area contributed by atoms with Crippen molar-refractivity contribution < 1.29 is 9.84 Å². The first kappa shape index (κ1) is 12.9. The zero-order chi connectivity index (χ0) is 11.1. The zero-order valence-electron chi connectivity index (χ0n) is 9.96. The second-order valence-electron chi connectivity index (χ2n) is 4.19. The fourth-order valence-electron chi connectivity index (χ4n) is 1.95. The van der Waals surface area contributed by atoms with Gasteiger partial charge < -0.3 is 20.1 Å². The normalized spacial score (nSPS) is 26.4. The summed E-state index contributed by atoms with van der Waals surface area (Å²) in [5.74, 6) is 0. The Balaban J connectivity index is 2.22. The van der Waals surface area contributed by atoms with Crippen molar-refractivity contribution >= 4 is 0 Å².